The zero-order valence-corrected chi connectivity index (χ0v) is 15.2. The van der Waals surface area contributed by atoms with E-state index in [1.165, 1.54) is 42.0 Å². The molecule has 13 heteroatoms. The Morgan fingerprint density at radius 3 is 3.00 bits per heavy atom. The van der Waals surface area contributed by atoms with Gasteiger partial charge in [-0.15, -0.1) is 16.9 Å². The van der Waals surface area contributed by atoms with Crippen LogP contribution in [0.4, 0.5) is 0 Å². The highest BCUT2D eigenvalue weighted by Gasteiger charge is 2.62. The van der Waals surface area contributed by atoms with E-state index in [-0.39, 0.29) is 5.70 Å². The minimum atomic E-state index is -1.57. The minimum Gasteiger partial charge on any atom is -0.477 e. The van der Waals surface area contributed by atoms with Crippen LogP contribution >= 0.6 is 34.9 Å². The zero-order chi connectivity index (χ0) is 18.2. The normalized spacial score (nSPS) is 25.3. The Morgan fingerprint density at radius 1 is 1.64 bits per heavy atom. The molecule has 2 aliphatic heterocycles. The third kappa shape index (κ3) is 2.96. The number of rotatable bonds is 7. The van der Waals surface area contributed by atoms with Gasteiger partial charge in [0, 0.05) is 11.5 Å². The summed E-state index contributed by atoms with van der Waals surface area (Å²) in [6.45, 7) is 0. The van der Waals surface area contributed by atoms with Crippen LogP contribution in [0.15, 0.2) is 15.6 Å². The van der Waals surface area contributed by atoms with Gasteiger partial charge in [0.15, 0.2) is 4.34 Å². The van der Waals surface area contributed by atoms with E-state index in [9.17, 15) is 19.5 Å². The number of carboxylic acid groups (broad SMARTS) is 1. The lowest BCUT2D eigenvalue weighted by molar-refractivity contribution is -0.157. The number of thioether (sulfide) groups is 2. The molecule has 2 amide bonds. The summed E-state index contributed by atoms with van der Waals surface area (Å²) in [5.74, 6) is -1.15. The number of ether oxygens (including phenoxy) is 1. The number of aliphatic carboxylic acids is 1. The Bertz CT molecular complexity index is 768. The predicted molar refractivity (Wildman–Crippen MR) is 91.1 cm³/mol. The standard InChI is InChI=1S/C12H13N5O5S3/c1-22-10-15-16-11(25-10)24-3-5-2-23-9-12(13,14-4-18)8(21)17(9)6(5)7(19)20/h4,9H,2-3,13H2,1H3,(H,14,18)(H,19,20)/t9-,12+/m1/s1. The van der Waals surface area contributed by atoms with Crippen molar-refractivity contribution in [3.05, 3.63) is 11.3 Å². The maximum absolute atomic E-state index is 12.3. The van der Waals surface area contributed by atoms with E-state index >= 15 is 0 Å². The number of nitrogens with two attached hydrogens (primary N) is 1. The van der Waals surface area contributed by atoms with Crippen molar-refractivity contribution in [1.29, 1.82) is 0 Å². The molecule has 0 aliphatic carbocycles. The van der Waals surface area contributed by atoms with Crippen LogP contribution in [-0.4, -0.2) is 68.1 Å². The fourth-order valence-electron chi connectivity index (χ4n) is 2.47. The molecule has 25 heavy (non-hydrogen) atoms. The van der Waals surface area contributed by atoms with Crippen LogP contribution in [0.5, 0.6) is 5.19 Å². The summed E-state index contributed by atoms with van der Waals surface area (Å²) < 4.78 is 5.60. The lowest BCUT2D eigenvalue weighted by Crippen LogP contribution is -2.83. The molecule has 2 aliphatic rings. The van der Waals surface area contributed by atoms with Gasteiger partial charge in [-0.25, -0.2) is 4.79 Å². The molecule has 134 valence electrons. The smallest absolute Gasteiger partial charge is 0.352 e. The number of carboxylic acids is 1. The fraction of sp³-hybridized carbons (Fsp3) is 0.417. The molecule has 1 aromatic rings. The van der Waals surface area contributed by atoms with Crippen LogP contribution in [0, 0.1) is 0 Å². The average Bonchev–Trinajstić information content (AvgIpc) is 3.06. The number of methoxy groups -OCH3 is 1. The van der Waals surface area contributed by atoms with E-state index < -0.39 is 22.9 Å². The second-order valence-corrected chi connectivity index (χ2v) is 8.28. The van der Waals surface area contributed by atoms with Crippen molar-refractivity contribution in [2.24, 2.45) is 5.73 Å². The topological polar surface area (TPSA) is 148 Å². The van der Waals surface area contributed by atoms with Crippen LogP contribution in [0.2, 0.25) is 0 Å². The summed E-state index contributed by atoms with van der Waals surface area (Å²) in [5.41, 5.74) is 4.81. The summed E-state index contributed by atoms with van der Waals surface area (Å²) in [6, 6.07) is 0. The van der Waals surface area contributed by atoms with Crippen LogP contribution in [0.25, 0.3) is 0 Å². The Morgan fingerprint density at radius 2 is 2.40 bits per heavy atom. The predicted octanol–water partition coefficient (Wildman–Crippen LogP) is -0.706. The monoisotopic (exact) mass is 403 g/mol. The molecule has 4 N–H and O–H groups in total. The van der Waals surface area contributed by atoms with Crippen LogP contribution in [0.1, 0.15) is 0 Å². The van der Waals surface area contributed by atoms with E-state index in [0.717, 1.165) is 4.90 Å². The summed E-state index contributed by atoms with van der Waals surface area (Å²) in [7, 11) is 1.49. The highest BCUT2D eigenvalue weighted by atomic mass is 32.2. The first-order valence-corrected chi connectivity index (χ1v) is 9.68. The second-order valence-electron chi connectivity index (χ2n) is 5.05. The van der Waals surface area contributed by atoms with Crippen molar-refractivity contribution >= 4 is 53.1 Å². The number of carbonyl (C=O) groups excluding carboxylic acids is 2. The molecule has 1 aromatic heterocycles. The maximum atomic E-state index is 12.3. The summed E-state index contributed by atoms with van der Waals surface area (Å²) in [5, 5.41) is 19.3. The molecule has 2 atom stereocenters. The molecule has 0 bridgehead atoms. The van der Waals surface area contributed by atoms with Gasteiger partial charge < -0.3 is 15.2 Å². The molecule has 10 nitrogen and oxygen atoms in total. The molecule has 3 heterocycles. The lowest BCUT2D eigenvalue weighted by Gasteiger charge is -2.54. The van der Waals surface area contributed by atoms with Gasteiger partial charge in [0.25, 0.3) is 11.1 Å². The number of nitrogens with one attached hydrogen (secondary N) is 1. The Balaban J connectivity index is 1.81. The van der Waals surface area contributed by atoms with Gasteiger partial charge in [0.1, 0.15) is 11.1 Å². The highest BCUT2D eigenvalue weighted by Crippen LogP contribution is 2.44. The van der Waals surface area contributed by atoms with E-state index in [1.54, 1.807) is 0 Å². The second kappa shape index (κ2) is 6.82. The van der Waals surface area contributed by atoms with Crippen LogP contribution in [0.3, 0.4) is 0 Å². The van der Waals surface area contributed by atoms with E-state index in [2.05, 4.69) is 15.5 Å². The van der Waals surface area contributed by atoms with Crippen LogP contribution < -0.4 is 15.8 Å². The number of fused-ring (bicyclic) bond motifs is 1. The Hall–Kier alpha value is -1.83. The summed E-state index contributed by atoms with van der Waals surface area (Å²) in [4.78, 5) is 35.8. The number of aromatic nitrogens is 2. The molecular weight excluding hydrogens is 390 g/mol. The SMILES string of the molecule is COc1nnc(SCC2=C(C(=O)O)N3C(=O)[C@](N)(NC=O)[C@H]3SC2)s1. The summed E-state index contributed by atoms with van der Waals surface area (Å²) >= 11 is 3.86. The van der Waals surface area contributed by atoms with Gasteiger partial charge in [0.2, 0.25) is 12.1 Å². The molecule has 3 rings (SSSR count). The van der Waals surface area contributed by atoms with Crippen molar-refractivity contribution in [2.75, 3.05) is 18.6 Å². The highest BCUT2D eigenvalue weighted by molar-refractivity contribution is 8.01. The lowest BCUT2D eigenvalue weighted by atomic mass is 9.97. The quantitative estimate of drug-likeness (QED) is 0.231. The van der Waals surface area contributed by atoms with E-state index in [4.69, 9.17) is 10.5 Å². The summed E-state index contributed by atoms with van der Waals surface area (Å²) in [6.07, 6.45) is 0.341. The first-order valence-electron chi connectivity index (χ1n) is 6.83. The van der Waals surface area contributed by atoms with Crippen molar-refractivity contribution in [2.45, 2.75) is 15.4 Å². The van der Waals surface area contributed by atoms with Crippen LogP contribution in [-0.2, 0) is 14.4 Å². The van der Waals surface area contributed by atoms with Gasteiger partial charge in [-0.1, -0.05) is 16.9 Å². The number of nitrogens with zero attached hydrogens (tertiary/aromatic N) is 3. The molecule has 0 spiro atoms. The fourth-order valence-corrected chi connectivity index (χ4v) is 5.64. The third-order valence-electron chi connectivity index (χ3n) is 3.62. The molecule has 0 radical (unpaired) electrons. The number of hydrogen-bond acceptors (Lipinski definition) is 10. The molecular formula is C12H13N5O5S3. The zero-order valence-electron chi connectivity index (χ0n) is 12.8. The number of β-lactam (4-membered cyclic amide) rings is 1. The van der Waals surface area contributed by atoms with Crippen molar-refractivity contribution in [1.82, 2.24) is 20.4 Å². The minimum absolute atomic E-state index is 0.0912. The van der Waals surface area contributed by atoms with Gasteiger partial charge >= 0.3 is 5.97 Å². The maximum Gasteiger partial charge on any atom is 0.352 e. The van der Waals surface area contributed by atoms with Crippen molar-refractivity contribution in [3.8, 4) is 5.19 Å². The molecule has 0 unspecified atom stereocenters. The Kier molecular flexibility index (Phi) is 4.90. The molecule has 0 saturated carbocycles. The van der Waals surface area contributed by atoms with E-state index in [0.29, 0.717) is 33.0 Å². The van der Waals surface area contributed by atoms with E-state index in [1.807, 2.05) is 0 Å². The van der Waals surface area contributed by atoms with Crippen molar-refractivity contribution < 1.29 is 24.2 Å². The van der Waals surface area contributed by atoms with Gasteiger partial charge in [-0.2, -0.15) is 0 Å². The third-order valence-corrected chi connectivity index (χ3v) is 7.14. The number of carbonyl (C=O) groups is 3. The van der Waals surface area contributed by atoms with Crippen molar-refractivity contribution in [3.63, 3.8) is 0 Å². The Labute approximate surface area is 154 Å². The molecule has 1 saturated heterocycles. The number of amides is 2. The molecule has 0 aromatic carbocycles. The first kappa shape index (κ1) is 18.0. The average molecular weight is 403 g/mol. The molecule has 1 fully saturated rings. The largest absolute Gasteiger partial charge is 0.477 e. The van der Waals surface area contributed by atoms with Gasteiger partial charge in [0.05, 0.1) is 7.11 Å². The first-order chi connectivity index (χ1) is 11.9. The number of hydrogen-bond donors (Lipinski definition) is 3. The van der Waals surface area contributed by atoms with Gasteiger partial charge in [-0.05, 0) is 16.9 Å². The van der Waals surface area contributed by atoms with Gasteiger partial charge in [-0.3, -0.25) is 20.2 Å².